The molecule has 0 bridgehead atoms. The highest BCUT2D eigenvalue weighted by molar-refractivity contribution is 7.89. The van der Waals surface area contributed by atoms with Crippen molar-refractivity contribution in [3.63, 3.8) is 0 Å². The van der Waals surface area contributed by atoms with Crippen LogP contribution in [0.4, 0.5) is 0 Å². The van der Waals surface area contributed by atoms with E-state index in [0.717, 1.165) is 19.6 Å². The first kappa shape index (κ1) is 18.6. The van der Waals surface area contributed by atoms with Gasteiger partial charge in [0.1, 0.15) is 0 Å². The first-order valence-electron chi connectivity index (χ1n) is 6.98. The van der Waals surface area contributed by atoms with Gasteiger partial charge in [-0.15, -0.1) is 0 Å². The van der Waals surface area contributed by atoms with E-state index in [4.69, 9.17) is 5.73 Å². The SMILES string of the molecule is CC(C)C(N)CCN(C)S(=O)(=O)c1cn(C)c(=O)n(C)c1=O. The number of rotatable bonds is 6. The topological polar surface area (TPSA) is 107 Å². The molecular formula is C13H24N4O4S. The van der Waals surface area contributed by atoms with E-state index in [9.17, 15) is 18.0 Å². The summed E-state index contributed by atoms with van der Waals surface area (Å²) in [4.78, 5) is 23.3. The van der Waals surface area contributed by atoms with E-state index in [2.05, 4.69) is 0 Å². The van der Waals surface area contributed by atoms with E-state index in [1.165, 1.54) is 21.1 Å². The Balaban J connectivity index is 3.15. The summed E-state index contributed by atoms with van der Waals surface area (Å²) in [6, 6.07) is -0.124. The zero-order valence-corrected chi connectivity index (χ0v) is 14.4. The van der Waals surface area contributed by atoms with Crippen molar-refractivity contribution in [2.24, 2.45) is 25.7 Å². The third kappa shape index (κ3) is 3.65. The van der Waals surface area contributed by atoms with Crippen LogP contribution in [0.1, 0.15) is 20.3 Å². The number of hydrogen-bond donors (Lipinski definition) is 1. The van der Waals surface area contributed by atoms with Crippen LogP contribution < -0.4 is 17.0 Å². The van der Waals surface area contributed by atoms with Crippen molar-refractivity contribution in [1.82, 2.24) is 13.4 Å². The van der Waals surface area contributed by atoms with Gasteiger partial charge in [-0.2, -0.15) is 0 Å². The molecule has 0 aliphatic carbocycles. The van der Waals surface area contributed by atoms with Crippen molar-refractivity contribution >= 4 is 10.0 Å². The molecule has 0 amide bonds. The number of hydrogen-bond acceptors (Lipinski definition) is 5. The molecule has 1 aromatic rings. The summed E-state index contributed by atoms with van der Waals surface area (Å²) in [6.45, 7) is 4.12. The molecule has 0 aromatic carbocycles. The molecular weight excluding hydrogens is 308 g/mol. The van der Waals surface area contributed by atoms with Crippen LogP contribution in [0.2, 0.25) is 0 Å². The molecule has 1 aromatic heterocycles. The van der Waals surface area contributed by atoms with Crippen molar-refractivity contribution in [2.45, 2.75) is 31.2 Å². The third-order valence-corrected chi connectivity index (χ3v) is 5.58. The first-order chi connectivity index (χ1) is 10.00. The minimum absolute atomic E-state index is 0.124. The average Bonchev–Trinajstić information content (AvgIpc) is 2.45. The summed E-state index contributed by atoms with van der Waals surface area (Å²) < 4.78 is 28.0. The molecule has 0 fully saturated rings. The highest BCUT2D eigenvalue weighted by Crippen LogP contribution is 2.11. The molecule has 1 rings (SSSR count). The van der Waals surface area contributed by atoms with E-state index < -0.39 is 26.2 Å². The molecule has 1 heterocycles. The summed E-state index contributed by atoms with van der Waals surface area (Å²) in [5.74, 6) is 0.238. The lowest BCUT2D eigenvalue weighted by molar-refractivity contribution is 0.396. The summed E-state index contributed by atoms with van der Waals surface area (Å²) >= 11 is 0. The minimum Gasteiger partial charge on any atom is -0.327 e. The summed E-state index contributed by atoms with van der Waals surface area (Å²) in [5, 5.41) is 0. The highest BCUT2D eigenvalue weighted by atomic mass is 32.2. The zero-order valence-electron chi connectivity index (χ0n) is 13.6. The van der Waals surface area contributed by atoms with Crippen molar-refractivity contribution < 1.29 is 8.42 Å². The van der Waals surface area contributed by atoms with E-state index in [0.29, 0.717) is 6.42 Å². The van der Waals surface area contributed by atoms with E-state index in [1.807, 2.05) is 13.8 Å². The van der Waals surface area contributed by atoms with Crippen LogP contribution in [0.3, 0.4) is 0 Å². The van der Waals surface area contributed by atoms with Gasteiger partial charge >= 0.3 is 5.69 Å². The molecule has 0 radical (unpaired) electrons. The van der Waals surface area contributed by atoms with Gasteiger partial charge in [0.05, 0.1) is 0 Å². The van der Waals surface area contributed by atoms with Crippen LogP contribution in [-0.4, -0.2) is 41.5 Å². The maximum Gasteiger partial charge on any atom is 0.330 e. The molecule has 2 N–H and O–H groups in total. The van der Waals surface area contributed by atoms with Gasteiger partial charge in [0, 0.05) is 39.9 Å². The number of aromatic nitrogens is 2. The van der Waals surface area contributed by atoms with Crippen LogP contribution in [-0.2, 0) is 24.1 Å². The Bertz CT molecular complexity index is 748. The maximum atomic E-state index is 12.5. The van der Waals surface area contributed by atoms with Gasteiger partial charge in [0.25, 0.3) is 5.56 Å². The fourth-order valence-electron chi connectivity index (χ4n) is 1.90. The van der Waals surface area contributed by atoms with Gasteiger partial charge in [0.2, 0.25) is 10.0 Å². The standard InChI is InChI=1S/C13H24N4O4S/c1-9(2)10(14)6-7-16(4)22(20,21)11-8-15(3)13(19)17(5)12(11)18/h8-10H,6-7,14H2,1-5H3. The quantitative estimate of drug-likeness (QED) is 0.725. The Morgan fingerprint density at radius 2 is 1.82 bits per heavy atom. The molecule has 0 aliphatic rings. The lowest BCUT2D eigenvalue weighted by atomic mass is 10.0. The Hall–Kier alpha value is -1.45. The Morgan fingerprint density at radius 1 is 1.27 bits per heavy atom. The predicted octanol–water partition coefficient (Wildman–Crippen LogP) is -0.922. The molecule has 0 aliphatic heterocycles. The molecule has 22 heavy (non-hydrogen) atoms. The summed E-state index contributed by atoms with van der Waals surface area (Å²) in [5.41, 5.74) is 4.51. The lowest BCUT2D eigenvalue weighted by Crippen LogP contribution is -2.42. The van der Waals surface area contributed by atoms with Crippen molar-refractivity contribution in [1.29, 1.82) is 0 Å². The number of nitrogens with zero attached hydrogens (tertiary/aromatic N) is 3. The van der Waals surface area contributed by atoms with Crippen LogP contribution in [0.25, 0.3) is 0 Å². The summed E-state index contributed by atoms with van der Waals surface area (Å²) in [6.07, 6.45) is 1.54. The minimum atomic E-state index is -3.97. The van der Waals surface area contributed by atoms with Gasteiger partial charge in [-0.3, -0.25) is 9.36 Å². The smallest absolute Gasteiger partial charge is 0.327 e. The first-order valence-corrected chi connectivity index (χ1v) is 8.42. The van der Waals surface area contributed by atoms with E-state index in [-0.39, 0.29) is 18.5 Å². The second kappa shape index (κ2) is 6.76. The van der Waals surface area contributed by atoms with Gasteiger partial charge in [0.15, 0.2) is 4.90 Å². The van der Waals surface area contributed by atoms with Crippen molar-refractivity contribution in [3.05, 3.63) is 27.0 Å². The monoisotopic (exact) mass is 332 g/mol. The van der Waals surface area contributed by atoms with Crippen LogP contribution in [0.5, 0.6) is 0 Å². The molecule has 0 spiro atoms. The third-order valence-electron chi connectivity index (χ3n) is 3.74. The normalized spacial score (nSPS) is 13.8. The molecule has 0 saturated carbocycles. The fraction of sp³-hybridized carbons (Fsp3) is 0.692. The van der Waals surface area contributed by atoms with Gasteiger partial charge < -0.3 is 10.3 Å². The summed E-state index contributed by atoms with van der Waals surface area (Å²) in [7, 11) is 0.0744. The lowest BCUT2D eigenvalue weighted by Gasteiger charge is -2.21. The Kier molecular flexibility index (Phi) is 5.71. The van der Waals surface area contributed by atoms with Crippen LogP contribution >= 0.6 is 0 Å². The van der Waals surface area contributed by atoms with Crippen LogP contribution in [0.15, 0.2) is 20.7 Å². The van der Waals surface area contributed by atoms with Gasteiger partial charge in [-0.1, -0.05) is 13.8 Å². The number of aryl methyl sites for hydroxylation is 1. The Labute approximate surface area is 130 Å². The van der Waals surface area contributed by atoms with Crippen LogP contribution in [0, 0.1) is 5.92 Å². The van der Waals surface area contributed by atoms with Crippen molar-refractivity contribution in [3.8, 4) is 0 Å². The molecule has 126 valence electrons. The molecule has 0 saturated heterocycles. The molecule has 9 heteroatoms. The average molecular weight is 332 g/mol. The van der Waals surface area contributed by atoms with Crippen molar-refractivity contribution in [2.75, 3.05) is 13.6 Å². The Morgan fingerprint density at radius 3 is 2.32 bits per heavy atom. The zero-order chi connectivity index (χ0) is 17.2. The fourth-order valence-corrected chi connectivity index (χ4v) is 3.23. The highest BCUT2D eigenvalue weighted by Gasteiger charge is 2.26. The second-order valence-corrected chi connectivity index (χ2v) is 7.79. The molecule has 8 nitrogen and oxygen atoms in total. The van der Waals surface area contributed by atoms with Gasteiger partial charge in [-0.05, 0) is 12.3 Å². The second-order valence-electron chi connectivity index (χ2n) is 5.77. The van der Waals surface area contributed by atoms with E-state index in [1.54, 1.807) is 0 Å². The maximum absolute atomic E-state index is 12.5. The van der Waals surface area contributed by atoms with Gasteiger partial charge in [-0.25, -0.2) is 17.5 Å². The molecule has 1 atom stereocenters. The predicted molar refractivity (Wildman–Crippen MR) is 84.2 cm³/mol. The largest absolute Gasteiger partial charge is 0.330 e. The molecule has 1 unspecified atom stereocenters. The van der Waals surface area contributed by atoms with E-state index >= 15 is 0 Å². The number of nitrogens with two attached hydrogens (primary N) is 1. The number of sulfonamides is 1.